The summed E-state index contributed by atoms with van der Waals surface area (Å²) < 4.78 is 0. The van der Waals surface area contributed by atoms with Crippen LogP contribution in [0.25, 0.3) is 0 Å². The van der Waals surface area contributed by atoms with Gasteiger partial charge in [0.2, 0.25) is 0 Å². The lowest BCUT2D eigenvalue weighted by atomic mass is 9.56. The number of rotatable bonds is 1. The van der Waals surface area contributed by atoms with E-state index in [0.717, 1.165) is 23.2 Å². The lowest BCUT2D eigenvalue weighted by Gasteiger charge is -2.50. The van der Waals surface area contributed by atoms with Gasteiger partial charge in [0, 0.05) is 0 Å². The minimum atomic E-state index is 0.764. The molecule has 0 aromatic rings. The standard InChI is InChI=1S/C13H24/c1-4-13-7-10(2)5-12(9-13)6-11(3)8-13/h10-12H,4-9H2,1-3H3. The Kier molecular flexibility index (Phi) is 2.42. The number of hydrogen-bond acceptors (Lipinski definition) is 0. The minimum Gasteiger partial charge on any atom is -0.0649 e. The van der Waals surface area contributed by atoms with E-state index in [1.807, 2.05) is 0 Å². The molecule has 0 saturated heterocycles. The fraction of sp³-hybridized carbons (Fsp3) is 1.00. The molecule has 0 spiro atoms. The zero-order valence-corrected chi connectivity index (χ0v) is 9.47. The Morgan fingerprint density at radius 3 is 2.00 bits per heavy atom. The maximum Gasteiger partial charge on any atom is -0.0292 e. The smallest absolute Gasteiger partial charge is 0.0292 e. The first-order chi connectivity index (χ1) is 6.13. The summed E-state index contributed by atoms with van der Waals surface area (Å²) in [5.74, 6) is 3.09. The van der Waals surface area contributed by atoms with Crippen LogP contribution in [0.4, 0.5) is 0 Å². The second kappa shape index (κ2) is 3.29. The molecule has 2 fully saturated rings. The monoisotopic (exact) mass is 180 g/mol. The molecule has 0 heteroatoms. The first-order valence-corrected chi connectivity index (χ1v) is 6.13. The van der Waals surface area contributed by atoms with Crippen LogP contribution in [0.1, 0.15) is 59.3 Å². The summed E-state index contributed by atoms with van der Waals surface area (Å²) >= 11 is 0. The van der Waals surface area contributed by atoms with E-state index in [1.165, 1.54) is 32.1 Å². The molecule has 2 aliphatic rings. The van der Waals surface area contributed by atoms with E-state index in [2.05, 4.69) is 20.8 Å². The van der Waals surface area contributed by atoms with Crippen LogP contribution in [0.15, 0.2) is 0 Å². The summed E-state index contributed by atoms with van der Waals surface area (Å²) in [4.78, 5) is 0. The second-order valence-electron chi connectivity index (χ2n) is 6.01. The molecule has 0 radical (unpaired) electrons. The predicted octanol–water partition coefficient (Wildman–Crippen LogP) is 4.25. The summed E-state index contributed by atoms with van der Waals surface area (Å²) in [5.41, 5.74) is 0.764. The summed E-state index contributed by atoms with van der Waals surface area (Å²) in [6.07, 6.45) is 9.06. The average molecular weight is 180 g/mol. The van der Waals surface area contributed by atoms with Gasteiger partial charge in [-0.15, -0.1) is 0 Å². The van der Waals surface area contributed by atoms with Crippen molar-refractivity contribution >= 4 is 0 Å². The van der Waals surface area contributed by atoms with Gasteiger partial charge < -0.3 is 0 Å². The van der Waals surface area contributed by atoms with E-state index in [1.54, 1.807) is 6.42 Å². The molecule has 2 rings (SSSR count). The molecule has 0 N–H and O–H groups in total. The highest BCUT2D eigenvalue weighted by Gasteiger charge is 2.42. The number of fused-ring (bicyclic) bond motifs is 2. The molecule has 0 aliphatic heterocycles. The van der Waals surface area contributed by atoms with Crippen molar-refractivity contribution in [3.8, 4) is 0 Å². The predicted molar refractivity (Wildman–Crippen MR) is 57.6 cm³/mol. The Balaban J connectivity index is 2.13. The minimum absolute atomic E-state index is 0.764. The highest BCUT2D eigenvalue weighted by Crippen LogP contribution is 2.54. The Hall–Kier alpha value is 0. The van der Waals surface area contributed by atoms with Crippen molar-refractivity contribution in [1.82, 2.24) is 0 Å². The van der Waals surface area contributed by atoms with Gasteiger partial charge in [0.25, 0.3) is 0 Å². The maximum absolute atomic E-state index is 2.46. The van der Waals surface area contributed by atoms with Gasteiger partial charge in [-0.2, -0.15) is 0 Å². The molecule has 2 saturated carbocycles. The first kappa shape index (κ1) is 9.55. The van der Waals surface area contributed by atoms with E-state index in [9.17, 15) is 0 Å². The third-order valence-corrected chi connectivity index (χ3v) is 4.51. The molecule has 0 nitrogen and oxygen atoms in total. The normalized spacial score (nSPS) is 50.5. The average Bonchev–Trinajstić information content (AvgIpc) is 2.01. The van der Waals surface area contributed by atoms with Crippen LogP contribution in [-0.2, 0) is 0 Å². The topological polar surface area (TPSA) is 0 Å². The lowest BCUT2D eigenvalue weighted by Crippen LogP contribution is -2.38. The van der Waals surface area contributed by atoms with Crippen molar-refractivity contribution in [1.29, 1.82) is 0 Å². The van der Waals surface area contributed by atoms with Crippen molar-refractivity contribution in [2.24, 2.45) is 23.2 Å². The summed E-state index contributed by atoms with van der Waals surface area (Å²) in [6.45, 7) is 7.34. The van der Waals surface area contributed by atoms with Gasteiger partial charge >= 0.3 is 0 Å². The van der Waals surface area contributed by atoms with Crippen LogP contribution in [-0.4, -0.2) is 0 Å². The van der Waals surface area contributed by atoms with Crippen molar-refractivity contribution in [2.45, 2.75) is 59.3 Å². The first-order valence-electron chi connectivity index (χ1n) is 6.13. The Morgan fingerprint density at radius 1 is 1.00 bits per heavy atom. The van der Waals surface area contributed by atoms with Crippen LogP contribution in [0, 0.1) is 23.2 Å². The van der Waals surface area contributed by atoms with Crippen LogP contribution in [0.2, 0.25) is 0 Å². The van der Waals surface area contributed by atoms with Gasteiger partial charge in [0.15, 0.2) is 0 Å². The molecule has 0 heterocycles. The molecule has 76 valence electrons. The Labute approximate surface area is 83.1 Å². The van der Waals surface area contributed by atoms with E-state index in [-0.39, 0.29) is 0 Å². The molecular formula is C13H24. The second-order valence-corrected chi connectivity index (χ2v) is 6.01. The molecule has 0 amide bonds. The zero-order chi connectivity index (χ0) is 9.47. The van der Waals surface area contributed by atoms with Gasteiger partial charge in [-0.1, -0.05) is 27.2 Å². The number of hydrogen-bond donors (Lipinski definition) is 0. The Morgan fingerprint density at radius 2 is 1.54 bits per heavy atom. The van der Waals surface area contributed by atoms with Crippen molar-refractivity contribution in [3.05, 3.63) is 0 Å². The molecule has 13 heavy (non-hydrogen) atoms. The van der Waals surface area contributed by atoms with Crippen LogP contribution in [0.5, 0.6) is 0 Å². The van der Waals surface area contributed by atoms with Crippen molar-refractivity contribution in [2.75, 3.05) is 0 Å². The van der Waals surface area contributed by atoms with Gasteiger partial charge in [-0.25, -0.2) is 0 Å². The highest BCUT2D eigenvalue weighted by atomic mass is 14.5. The molecule has 2 unspecified atom stereocenters. The SMILES string of the molecule is CCC12CC(C)CC(CC(C)C1)C2. The zero-order valence-electron chi connectivity index (χ0n) is 9.47. The van der Waals surface area contributed by atoms with Crippen LogP contribution >= 0.6 is 0 Å². The van der Waals surface area contributed by atoms with E-state index in [0.29, 0.717) is 0 Å². The molecule has 2 aliphatic carbocycles. The van der Waals surface area contributed by atoms with E-state index >= 15 is 0 Å². The fourth-order valence-corrected chi connectivity index (χ4v) is 4.34. The summed E-state index contributed by atoms with van der Waals surface area (Å²) in [7, 11) is 0. The van der Waals surface area contributed by atoms with E-state index < -0.39 is 0 Å². The van der Waals surface area contributed by atoms with E-state index in [4.69, 9.17) is 0 Å². The summed E-state index contributed by atoms with van der Waals surface area (Å²) in [5, 5.41) is 0. The van der Waals surface area contributed by atoms with Gasteiger partial charge in [0.05, 0.1) is 0 Å². The van der Waals surface area contributed by atoms with Gasteiger partial charge in [-0.05, 0) is 55.3 Å². The van der Waals surface area contributed by atoms with Crippen molar-refractivity contribution < 1.29 is 0 Å². The van der Waals surface area contributed by atoms with Gasteiger partial charge in [0.1, 0.15) is 0 Å². The lowest BCUT2D eigenvalue weighted by molar-refractivity contribution is 0.0152. The molecule has 0 aromatic carbocycles. The molecule has 2 bridgehead atoms. The quantitative estimate of drug-likeness (QED) is 0.566. The largest absolute Gasteiger partial charge is 0.0649 e. The molecule has 2 atom stereocenters. The molecule has 0 aromatic heterocycles. The highest BCUT2D eigenvalue weighted by molar-refractivity contribution is 4.93. The summed E-state index contributed by atoms with van der Waals surface area (Å²) in [6, 6.07) is 0. The van der Waals surface area contributed by atoms with Gasteiger partial charge in [-0.3, -0.25) is 0 Å². The van der Waals surface area contributed by atoms with Crippen molar-refractivity contribution in [3.63, 3.8) is 0 Å². The van der Waals surface area contributed by atoms with Crippen LogP contribution in [0.3, 0.4) is 0 Å². The maximum atomic E-state index is 2.46. The third-order valence-electron chi connectivity index (χ3n) is 4.51. The molecular weight excluding hydrogens is 156 g/mol. The van der Waals surface area contributed by atoms with Crippen LogP contribution < -0.4 is 0 Å². The Bertz CT molecular complexity index is 163. The third kappa shape index (κ3) is 1.78. The fourth-order valence-electron chi connectivity index (χ4n) is 4.34.